The lowest BCUT2D eigenvalue weighted by molar-refractivity contribution is -0.139. The molecule has 0 bridgehead atoms. The Balaban J connectivity index is 2.11. The number of anilines is 1. The van der Waals surface area contributed by atoms with Crippen LogP contribution in [0.15, 0.2) is 65.6 Å². The first kappa shape index (κ1) is 32.7. The summed E-state index contributed by atoms with van der Waals surface area (Å²) in [6.07, 6.45) is 0.694. The molecule has 0 aliphatic heterocycles. The van der Waals surface area contributed by atoms with Crippen LogP contribution in [0.4, 0.5) is 5.69 Å². The molecule has 0 aliphatic rings. The average Bonchev–Trinajstić information content (AvgIpc) is 2.93. The van der Waals surface area contributed by atoms with Crippen LogP contribution in [0.25, 0.3) is 0 Å². The highest BCUT2D eigenvalue weighted by molar-refractivity contribution is 7.92. The second kappa shape index (κ2) is 13.9. The van der Waals surface area contributed by atoms with E-state index < -0.39 is 28.5 Å². The molecule has 0 fully saturated rings. The van der Waals surface area contributed by atoms with E-state index >= 15 is 0 Å². The molecular weight excluding hydrogens is 605 g/mol. The standard InChI is InChI=1S/C30H34Cl3N3O4S/c1-6-20(3)34-30(38)22(5)35(17-24-26(32)10-7-11-27(24)33)29(37)18-36(28-12-8-9-25(31)21(28)4)41(39,40)23-15-13-19(2)14-16-23/h7-16,20,22H,6,17-18H2,1-5H3,(H,34,38)/t20-,22+/m0/s1. The Morgan fingerprint density at radius 3 is 2.02 bits per heavy atom. The van der Waals surface area contributed by atoms with Gasteiger partial charge < -0.3 is 10.2 Å². The third-order valence-corrected chi connectivity index (χ3v) is 9.85. The van der Waals surface area contributed by atoms with Crippen molar-refractivity contribution < 1.29 is 18.0 Å². The lowest BCUT2D eigenvalue weighted by Gasteiger charge is -2.33. The average molecular weight is 639 g/mol. The molecule has 3 rings (SSSR count). The van der Waals surface area contributed by atoms with Crippen LogP contribution in [0.1, 0.15) is 43.9 Å². The van der Waals surface area contributed by atoms with E-state index in [4.69, 9.17) is 34.8 Å². The van der Waals surface area contributed by atoms with Crippen molar-refractivity contribution in [2.24, 2.45) is 0 Å². The molecule has 2 amide bonds. The number of nitrogens with zero attached hydrogens (tertiary/aromatic N) is 2. The number of halogens is 3. The summed E-state index contributed by atoms with van der Waals surface area (Å²) in [4.78, 5) is 28.6. The second-order valence-electron chi connectivity index (χ2n) is 9.92. The Labute approximate surface area is 257 Å². The van der Waals surface area contributed by atoms with Gasteiger partial charge in [-0.15, -0.1) is 0 Å². The number of rotatable bonds is 11. The number of nitrogens with one attached hydrogen (secondary N) is 1. The molecular formula is C30H34Cl3N3O4S. The molecule has 3 aromatic rings. The number of hydrogen-bond acceptors (Lipinski definition) is 4. The van der Waals surface area contributed by atoms with Gasteiger partial charge in [0.25, 0.3) is 10.0 Å². The smallest absolute Gasteiger partial charge is 0.264 e. The van der Waals surface area contributed by atoms with Gasteiger partial charge in [-0.25, -0.2) is 8.42 Å². The summed E-state index contributed by atoms with van der Waals surface area (Å²) in [5, 5.41) is 3.88. The van der Waals surface area contributed by atoms with Crippen LogP contribution in [0.5, 0.6) is 0 Å². The Hall–Kier alpha value is -2.78. The van der Waals surface area contributed by atoms with Crippen molar-refractivity contribution in [1.29, 1.82) is 0 Å². The molecule has 11 heteroatoms. The molecule has 0 aliphatic carbocycles. The van der Waals surface area contributed by atoms with Gasteiger partial charge in [-0.2, -0.15) is 0 Å². The number of aryl methyl sites for hydroxylation is 1. The van der Waals surface area contributed by atoms with E-state index in [1.54, 1.807) is 62.4 Å². The topological polar surface area (TPSA) is 86.8 Å². The van der Waals surface area contributed by atoms with Gasteiger partial charge in [0, 0.05) is 33.2 Å². The summed E-state index contributed by atoms with van der Waals surface area (Å²) in [5.74, 6) is -1.01. The van der Waals surface area contributed by atoms with Gasteiger partial charge in [-0.05, 0) is 76.1 Å². The maximum absolute atomic E-state index is 14.1. The van der Waals surface area contributed by atoms with Crippen molar-refractivity contribution in [3.63, 3.8) is 0 Å². The van der Waals surface area contributed by atoms with Gasteiger partial charge in [0.2, 0.25) is 11.8 Å². The SMILES string of the molecule is CC[C@H](C)NC(=O)[C@@H](C)N(Cc1c(Cl)cccc1Cl)C(=O)CN(c1cccc(Cl)c1C)S(=O)(=O)c1ccc(C)cc1. The van der Waals surface area contributed by atoms with Crippen molar-refractivity contribution in [2.75, 3.05) is 10.8 Å². The molecule has 1 N–H and O–H groups in total. The third-order valence-electron chi connectivity index (χ3n) is 6.95. The molecule has 7 nitrogen and oxygen atoms in total. The first-order chi connectivity index (χ1) is 19.3. The highest BCUT2D eigenvalue weighted by atomic mass is 35.5. The minimum Gasteiger partial charge on any atom is -0.352 e. The van der Waals surface area contributed by atoms with Crippen LogP contribution in [-0.4, -0.2) is 43.8 Å². The van der Waals surface area contributed by atoms with Crippen LogP contribution in [0.2, 0.25) is 15.1 Å². The fourth-order valence-electron chi connectivity index (χ4n) is 4.12. The summed E-state index contributed by atoms with van der Waals surface area (Å²) in [7, 11) is -4.22. The van der Waals surface area contributed by atoms with E-state index in [-0.39, 0.29) is 29.1 Å². The molecule has 3 aromatic carbocycles. The van der Waals surface area contributed by atoms with Crippen molar-refractivity contribution in [3.05, 3.63) is 92.4 Å². The van der Waals surface area contributed by atoms with E-state index in [9.17, 15) is 18.0 Å². The summed E-state index contributed by atoms with van der Waals surface area (Å²) in [6.45, 7) is 8.21. The second-order valence-corrected chi connectivity index (χ2v) is 13.0. The van der Waals surface area contributed by atoms with Gasteiger partial charge in [0.05, 0.1) is 10.6 Å². The predicted molar refractivity (Wildman–Crippen MR) is 166 cm³/mol. The maximum atomic E-state index is 14.1. The van der Waals surface area contributed by atoms with Crippen molar-refractivity contribution in [1.82, 2.24) is 10.2 Å². The summed E-state index contributed by atoms with van der Waals surface area (Å²) in [6, 6.07) is 15.1. The summed E-state index contributed by atoms with van der Waals surface area (Å²) < 4.78 is 29.1. The van der Waals surface area contributed by atoms with Crippen LogP contribution in [-0.2, 0) is 26.2 Å². The Bertz CT molecular complexity index is 1490. The number of benzene rings is 3. The van der Waals surface area contributed by atoms with Crippen LogP contribution in [0, 0.1) is 13.8 Å². The Kier molecular flexibility index (Phi) is 11.1. The minimum atomic E-state index is -4.22. The van der Waals surface area contributed by atoms with Gasteiger partial charge in [-0.3, -0.25) is 13.9 Å². The zero-order chi connectivity index (χ0) is 30.5. The summed E-state index contributed by atoms with van der Waals surface area (Å²) >= 11 is 19.2. The molecule has 2 atom stereocenters. The Morgan fingerprint density at radius 2 is 1.44 bits per heavy atom. The highest BCUT2D eigenvalue weighted by Gasteiger charge is 2.34. The molecule has 0 saturated heterocycles. The fraction of sp³-hybridized carbons (Fsp3) is 0.333. The number of hydrogen-bond donors (Lipinski definition) is 1. The normalized spacial score (nSPS) is 12.9. The molecule has 0 radical (unpaired) electrons. The zero-order valence-electron chi connectivity index (χ0n) is 23.6. The molecule has 220 valence electrons. The van der Waals surface area contributed by atoms with E-state index in [1.807, 2.05) is 20.8 Å². The van der Waals surface area contributed by atoms with Gasteiger partial charge in [0.15, 0.2) is 0 Å². The molecule has 0 saturated carbocycles. The van der Waals surface area contributed by atoms with E-state index in [1.165, 1.54) is 17.0 Å². The number of carbonyl (C=O) groups is 2. The third kappa shape index (κ3) is 7.74. The zero-order valence-corrected chi connectivity index (χ0v) is 26.7. The van der Waals surface area contributed by atoms with Crippen molar-refractivity contribution >= 4 is 62.3 Å². The Morgan fingerprint density at radius 1 is 0.878 bits per heavy atom. The lowest BCUT2D eigenvalue weighted by Crippen LogP contribution is -2.52. The van der Waals surface area contributed by atoms with Crippen molar-refractivity contribution in [2.45, 2.75) is 64.6 Å². The number of sulfonamides is 1. The maximum Gasteiger partial charge on any atom is 0.264 e. The molecule has 0 unspecified atom stereocenters. The molecule has 0 spiro atoms. The largest absolute Gasteiger partial charge is 0.352 e. The van der Waals surface area contributed by atoms with Crippen molar-refractivity contribution in [3.8, 4) is 0 Å². The predicted octanol–water partition coefficient (Wildman–Crippen LogP) is 6.79. The van der Waals surface area contributed by atoms with E-state index in [0.717, 1.165) is 9.87 Å². The van der Waals surface area contributed by atoms with Crippen LogP contribution in [0.3, 0.4) is 0 Å². The van der Waals surface area contributed by atoms with Crippen LogP contribution >= 0.6 is 34.8 Å². The lowest BCUT2D eigenvalue weighted by atomic mass is 10.1. The monoisotopic (exact) mass is 637 g/mol. The highest BCUT2D eigenvalue weighted by Crippen LogP contribution is 2.32. The van der Waals surface area contributed by atoms with Gasteiger partial charge in [-0.1, -0.05) is 71.6 Å². The molecule has 0 heterocycles. The number of amides is 2. The fourth-order valence-corrected chi connectivity index (χ4v) is 6.28. The molecule has 41 heavy (non-hydrogen) atoms. The number of carbonyl (C=O) groups excluding carboxylic acids is 2. The van der Waals surface area contributed by atoms with Crippen LogP contribution < -0.4 is 9.62 Å². The first-order valence-corrected chi connectivity index (χ1v) is 15.7. The minimum absolute atomic E-state index is 0.0125. The van der Waals surface area contributed by atoms with Gasteiger partial charge >= 0.3 is 0 Å². The first-order valence-electron chi connectivity index (χ1n) is 13.1. The van der Waals surface area contributed by atoms with E-state index in [0.29, 0.717) is 32.6 Å². The van der Waals surface area contributed by atoms with E-state index in [2.05, 4.69) is 5.32 Å². The summed E-state index contributed by atoms with van der Waals surface area (Å²) in [5.41, 5.74) is 2.06. The molecule has 0 aromatic heterocycles. The quantitative estimate of drug-likeness (QED) is 0.251. The van der Waals surface area contributed by atoms with Gasteiger partial charge in [0.1, 0.15) is 12.6 Å².